The summed E-state index contributed by atoms with van der Waals surface area (Å²) in [4.78, 5) is 15.6. The highest BCUT2D eigenvalue weighted by atomic mass is 127. The number of hydrogen-bond donors (Lipinski definition) is 3. The summed E-state index contributed by atoms with van der Waals surface area (Å²) >= 11 is 0. The maximum Gasteiger partial charge on any atom is 0.407 e. The van der Waals surface area contributed by atoms with Crippen molar-refractivity contribution in [3.63, 3.8) is 0 Å². The van der Waals surface area contributed by atoms with E-state index in [-0.39, 0.29) is 24.0 Å². The summed E-state index contributed by atoms with van der Waals surface area (Å²) < 4.78 is 15.4. The number of guanidine groups is 1. The van der Waals surface area contributed by atoms with Crippen LogP contribution in [0.25, 0.3) is 0 Å². The van der Waals surface area contributed by atoms with E-state index in [2.05, 4.69) is 20.9 Å². The monoisotopic (exact) mass is 460 g/mol. The average molecular weight is 460 g/mol. The highest BCUT2D eigenvalue weighted by Gasteiger charge is 2.15. The number of ether oxygens (including phenoxy) is 3. The van der Waals surface area contributed by atoms with Crippen LogP contribution in [0.15, 0.2) is 4.99 Å². The first-order chi connectivity index (χ1) is 10.9. The highest BCUT2D eigenvalue weighted by Crippen LogP contribution is 2.06. The Kier molecular flexibility index (Phi) is 16.6. The van der Waals surface area contributed by atoms with Gasteiger partial charge in [-0.25, -0.2) is 4.79 Å². The molecule has 1 amide bonds. The SMILES string of the molecule is CN=C(NCCCNC(=O)OC(C)(C)C)NCCOCCOC.I. The third-order valence-electron chi connectivity index (χ3n) is 2.51. The molecule has 0 unspecified atom stereocenters. The Labute approximate surface area is 162 Å². The molecule has 0 saturated heterocycles. The van der Waals surface area contributed by atoms with E-state index in [4.69, 9.17) is 14.2 Å². The van der Waals surface area contributed by atoms with Crippen LogP contribution in [-0.2, 0) is 14.2 Å². The summed E-state index contributed by atoms with van der Waals surface area (Å²) in [6, 6.07) is 0. The van der Waals surface area contributed by atoms with Crippen LogP contribution in [0.1, 0.15) is 27.2 Å². The predicted octanol–water partition coefficient (Wildman–Crippen LogP) is 1.35. The molecule has 3 N–H and O–H groups in total. The molecule has 0 radical (unpaired) electrons. The van der Waals surface area contributed by atoms with Crippen LogP contribution in [0, 0.1) is 0 Å². The number of nitrogens with zero attached hydrogens (tertiary/aromatic N) is 1. The summed E-state index contributed by atoms with van der Waals surface area (Å²) in [6.07, 6.45) is 0.373. The van der Waals surface area contributed by atoms with Crippen molar-refractivity contribution in [2.24, 2.45) is 4.99 Å². The van der Waals surface area contributed by atoms with Crippen molar-refractivity contribution >= 4 is 36.0 Å². The van der Waals surface area contributed by atoms with E-state index >= 15 is 0 Å². The summed E-state index contributed by atoms with van der Waals surface area (Å²) in [6.45, 7) is 9.18. The minimum Gasteiger partial charge on any atom is -0.444 e. The topological polar surface area (TPSA) is 93.2 Å². The highest BCUT2D eigenvalue weighted by molar-refractivity contribution is 14.0. The molecule has 0 atom stereocenters. The van der Waals surface area contributed by atoms with E-state index in [0.29, 0.717) is 45.4 Å². The first-order valence-electron chi connectivity index (χ1n) is 7.87. The molecule has 0 aliphatic heterocycles. The Morgan fingerprint density at radius 3 is 2.21 bits per heavy atom. The van der Waals surface area contributed by atoms with Crippen LogP contribution in [0.2, 0.25) is 0 Å². The number of alkyl carbamates (subject to hydrolysis) is 1. The molecule has 8 nitrogen and oxygen atoms in total. The molecule has 0 aromatic rings. The second-order valence-electron chi connectivity index (χ2n) is 5.81. The fraction of sp³-hybridized carbons (Fsp3) is 0.867. The molecule has 0 fully saturated rings. The van der Waals surface area contributed by atoms with E-state index in [1.807, 2.05) is 20.8 Å². The number of aliphatic imine (C=N–C) groups is 1. The molecule has 0 aliphatic carbocycles. The Hall–Kier alpha value is -0.810. The van der Waals surface area contributed by atoms with Crippen LogP contribution in [0.3, 0.4) is 0 Å². The molecule has 0 aliphatic rings. The van der Waals surface area contributed by atoms with E-state index < -0.39 is 11.7 Å². The van der Waals surface area contributed by atoms with Crippen molar-refractivity contribution in [2.45, 2.75) is 32.8 Å². The molecular formula is C15H33IN4O4. The Morgan fingerprint density at radius 2 is 1.62 bits per heavy atom. The zero-order valence-electron chi connectivity index (χ0n) is 15.4. The fourth-order valence-electron chi connectivity index (χ4n) is 1.51. The zero-order chi connectivity index (χ0) is 17.6. The van der Waals surface area contributed by atoms with E-state index in [0.717, 1.165) is 6.42 Å². The van der Waals surface area contributed by atoms with Gasteiger partial charge in [0.15, 0.2) is 5.96 Å². The van der Waals surface area contributed by atoms with Gasteiger partial charge in [-0.15, -0.1) is 24.0 Å². The van der Waals surface area contributed by atoms with Crippen LogP contribution >= 0.6 is 24.0 Å². The second-order valence-corrected chi connectivity index (χ2v) is 5.81. The number of amides is 1. The van der Waals surface area contributed by atoms with Gasteiger partial charge in [-0.3, -0.25) is 4.99 Å². The standard InChI is InChI=1S/C15H32N4O4.HI/c1-15(2,3)23-14(20)19-8-6-7-17-13(16-4)18-9-10-22-12-11-21-5;/h6-12H2,1-5H3,(H,19,20)(H2,16,17,18);1H. The van der Waals surface area contributed by atoms with E-state index in [1.54, 1.807) is 14.2 Å². The van der Waals surface area contributed by atoms with Gasteiger partial charge in [0, 0.05) is 33.8 Å². The van der Waals surface area contributed by atoms with Gasteiger partial charge in [0.2, 0.25) is 0 Å². The quantitative estimate of drug-likeness (QED) is 0.197. The average Bonchev–Trinajstić information content (AvgIpc) is 2.46. The van der Waals surface area contributed by atoms with Gasteiger partial charge in [0.1, 0.15) is 5.60 Å². The third-order valence-corrected chi connectivity index (χ3v) is 2.51. The Bertz CT molecular complexity index is 349. The molecule has 0 aromatic carbocycles. The molecule has 0 aromatic heterocycles. The van der Waals surface area contributed by atoms with Gasteiger partial charge in [-0.1, -0.05) is 0 Å². The number of methoxy groups -OCH3 is 1. The van der Waals surface area contributed by atoms with Crippen molar-refractivity contribution in [3.8, 4) is 0 Å². The number of carbonyl (C=O) groups is 1. The van der Waals surface area contributed by atoms with Gasteiger partial charge < -0.3 is 30.2 Å². The fourth-order valence-corrected chi connectivity index (χ4v) is 1.51. The normalized spacial score (nSPS) is 11.5. The minimum absolute atomic E-state index is 0. The molecule has 0 rings (SSSR count). The lowest BCUT2D eigenvalue weighted by Gasteiger charge is -2.19. The van der Waals surface area contributed by atoms with Crippen molar-refractivity contribution in [2.75, 3.05) is 53.6 Å². The number of carbonyl (C=O) groups excluding carboxylic acids is 1. The summed E-state index contributed by atoms with van der Waals surface area (Å²) in [7, 11) is 3.35. The van der Waals surface area contributed by atoms with E-state index in [9.17, 15) is 4.79 Å². The lowest BCUT2D eigenvalue weighted by Crippen LogP contribution is -2.40. The van der Waals surface area contributed by atoms with Gasteiger partial charge >= 0.3 is 6.09 Å². The van der Waals surface area contributed by atoms with Crippen LogP contribution in [-0.4, -0.2) is 71.3 Å². The summed E-state index contributed by atoms with van der Waals surface area (Å²) in [5, 5.41) is 9.01. The molecule has 0 saturated carbocycles. The third kappa shape index (κ3) is 17.5. The molecule has 9 heteroatoms. The second kappa shape index (κ2) is 15.7. The van der Waals surface area contributed by atoms with Gasteiger partial charge in [0.25, 0.3) is 0 Å². The van der Waals surface area contributed by atoms with Gasteiger partial charge in [0.05, 0.1) is 19.8 Å². The maximum absolute atomic E-state index is 11.4. The molecule has 0 spiro atoms. The van der Waals surface area contributed by atoms with Crippen molar-refractivity contribution in [1.29, 1.82) is 0 Å². The van der Waals surface area contributed by atoms with Crippen molar-refractivity contribution in [3.05, 3.63) is 0 Å². The van der Waals surface area contributed by atoms with Crippen LogP contribution < -0.4 is 16.0 Å². The van der Waals surface area contributed by atoms with Crippen LogP contribution in [0.5, 0.6) is 0 Å². The van der Waals surface area contributed by atoms with Crippen molar-refractivity contribution < 1.29 is 19.0 Å². The Morgan fingerprint density at radius 1 is 1.00 bits per heavy atom. The molecule has 0 bridgehead atoms. The van der Waals surface area contributed by atoms with Crippen molar-refractivity contribution in [1.82, 2.24) is 16.0 Å². The molecule has 144 valence electrons. The number of hydrogen-bond acceptors (Lipinski definition) is 5. The smallest absolute Gasteiger partial charge is 0.407 e. The van der Waals surface area contributed by atoms with Gasteiger partial charge in [-0.05, 0) is 27.2 Å². The largest absolute Gasteiger partial charge is 0.444 e. The molecule has 24 heavy (non-hydrogen) atoms. The minimum atomic E-state index is -0.473. The van der Waals surface area contributed by atoms with Gasteiger partial charge in [-0.2, -0.15) is 0 Å². The number of halogens is 1. The van der Waals surface area contributed by atoms with Crippen LogP contribution in [0.4, 0.5) is 4.79 Å². The lowest BCUT2D eigenvalue weighted by molar-refractivity contribution is 0.0527. The summed E-state index contributed by atoms with van der Waals surface area (Å²) in [5.41, 5.74) is -0.473. The first-order valence-corrected chi connectivity index (χ1v) is 7.87. The zero-order valence-corrected chi connectivity index (χ0v) is 17.8. The number of nitrogens with one attached hydrogen (secondary N) is 3. The first kappa shape index (κ1) is 25.4. The Balaban J connectivity index is 0. The maximum atomic E-state index is 11.4. The number of rotatable bonds is 10. The molecular weight excluding hydrogens is 427 g/mol. The predicted molar refractivity (Wildman–Crippen MR) is 106 cm³/mol. The molecule has 0 heterocycles. The lowest BCUT2D eigenvalue weighted by atomic mass is 10.2. The summed E-state index contributed by atoms with van der Waals surface area (Å²) in [5.74, 6) is 0.706. The van der Waals surface area contributed by atoms with E-state index in [1.165, 1.54) is 0 Å².